The van der Waals surface area contributed by atoms with E-state index in [-0.39, 0.29) is 0 Å². The molecule has 0 saturated heterocycles. The van der Waals surface area contributed by atoms with Crippen LogP contribution in [0.5, 0.6) is 0 Å². The molecule has 0 spiro atoms. The number of carboxylic acids is 1. The predicted octanol–water partition coefficient (Wildman–Crippen LogP) is 4.13. The quantitative estimate of drug-likeness (QED) is 0.881. The third-order valence-electron chi connectivity index (χ3n) is 2.96. The summed E-state index contributed by atoms with van der Waals surface area (Å²) in [5.74, 6) is -1.54. The van der Waals surface area contributed by atoms with Crippen LogP contribution in [0.1, 0.15) is 17.2 Å². The van der Waals surface area contributed by atoms with E-state index in [1.165, 1.54) is 18.2 Å². The first-order chi connectivity index (χ1) is 9.49. The Kier molecular flexibility index (Phi) is 4.39. The molecule has 0 amide bonds. The van der Waals surface area contributed by atoms with E-state index in [1.54, 1.807) is 6.07 Å². The van der Waals surface area contributed by atoms with E-state index in [9.17, 15) is 14.3 Å². The molecule has 0 saturated carbocycles. The van der Waals surface area contributed by atoms with Crippen LogP contribution in [0, 0.1) is 12.7 Å². The van der Waals surface area contributed by atoms with Gasteiger partial charge in [0.2, 0.25) is 0 Å². The van der Waals surface area contributed by atoms with Crippen molar-refractivity contribution in [3.63, 3.8) is 0 Å². The largest absolute Gasteiger partial charge is 0.479 e. The van der Waals surface area contributed by atoms with Crippen molar-refractivity contribution in [2.75, 3.05) is 5.32 Å². The Morgan fingerprint density at radius 2 is 2.00 bits per heavy atom. The summed E-state index contributed by atoms with van der Waals surface area (Å²) in [6, 6.07) is 10.3. The summed E-state index contributed by atoms with van der Waals surface area (Å²) >= 11 is 3.26. The highest BCUT2D eigenvalue weighted by molar-refractivity contribution is 9.10. The molecule has 0 aromatic heterocycles. The summed E-state index contributed by atoms with van der Waals surface area (Å²) in [5, 5.41) is 12.3. The molecule has 0 aliphatic heterocycles. The van der Waals surface area contributed by atoms with Gasteiger partial charge < -0.3 is 10.4 Å². The molecule has 0 fully saturated rings. The number of anilines is 1. The maximum absolute atomic E-state index is 13.3. The molecule has 0 aliphatic carbocycles. The van der Waals surface area contributed by atoms with E-state index in [0.29, 0.717) is 15.7 Å². The fourth-order valence-corrected chi connectivity index (χ4v) is 2.37. The standard InChI is InChI=1S/C15H13BrFNO2/c1-9-4-2-3-5-13(9)18-14(15(19)20)11-8-10(17)6-7-12(11)16/h2-8,14,18H,1H3,(H,19,20). The first-order valence-electron chi connectivity index (χ1n) is 5.99. The van der Waals surface area contributed by atoms with Crippen LogP contribution in [-0.2, 0) is 4.79 Å². The number of carbonyl (C=O) groups is 1. The van der Waals surface area contributed by atoms with Crippen LogP contribution >= 0.6 is 15.9 Å². The fourth-order valence-electron chi connectivity index (χ4n) is 1.90. The number of hydrogen-bond donors (Lipinski definition) is 2. The molecule has 0 bridgehead atoms. The SMILES string of the molecule is Cc1ccccc1NC(C(=O)O)c1cc(F)ccc1Br. The summed E-state index contributed by atoms with van der Waals surface area (Å²) in [7, 11) is 0. The van der Waals surface area contributed by atoms with Crippen molar-refractivity contribution in [3.8, 4) is 0 Å². The zero-order valence-corrected chi connectivity index (χ0v) is 12.3. The Morgan fingerprint density at radius 3 is 2.65 bits per heavy atom. The zero-order chi connectivity index (χ0) is 14.7. The number of para-hydroxylation sites is 1. The highest BCUT2D eigenvalue weighted by Gasteiger charge is 2.23. The Morgan fingerprint density at radius 1 is 1.30 bits per heavy atom. The molecule has 0 heterocycles. The van der Waals surface area contributed by atoms with Crippen molar-refractivity contribution in [2.45, 2.75) is 13.0 Å². The highest BCUT2D eigenvalue weighted by atomic mass is 79.9. The number of hydrogen-bond acceptors (Lipinski definition) is 2. The lowest BCUT2D eigenvalue weighted by Crippen LogP contribution is -2.21. The molecule has 3 nitrogen and oxygen atoms in total. The van der Waals surface area contributed by atoms with Crippen molar-refractivity contribution in [1.29, 1.82) is 0 Å². The lowest BCUT2D eigenvalue weighted by atomic mass is 10.1. The van der Waals surface area contributed by atoms with Crippen molar-refractivity contribution < 1.29 is 14.3 Å². The van der Waals surface area contributed by atoms with E-state index in [4.69, 9.17) is 0 Å². The van der Waals surface area contributed by atoms with Crippen molar-refractivity contribution in [3.05, 3.63) is 63.9 Å². The van der Waals surface area contributed by atoms with Gasteiger partial charge in [0, 0.05) is 15.7 Å². The Balaban J connectivity index is 2.40. The van der Waals surface area contributed by atoms with Gasteiger partial charge >= 0.3 is 5.97 Å². The molecule has 20 heavy (non-hydrogen) atoms. The normalized spacial score (nSPS) is 11.9. The molecule has 1 unspecified atom stereocenters. The number of carboxylic acid groups (broad SMARTS) is 1. The summed E-state index contributed by atoms with van der Waals surface area (Å²) < 4.78 is 13.9. The Labute approximate surface area is 124 Å². The van der Waals surface area contributed by atoms with Gasteiger partial charge in [-0.2, -0.15) is 0 Å². The van der Waals surface area contributed by atoms with Crippen LogP contribution in [0.3, 0.4) is 0 Å². The van der Waals surface area contributed by atoms with Crippen LogP contribution in [0.15, 0.2) is 46.9 Å². The third-order valence-corrected chi connectivity index (χ3v) is 3.68. The first-order valence-corrected chi connectivity index (χ1v) is 6.78. The van der Waals surface area contributed by atoms with Gasteiger partial charge in [0.05, 0.1) is 0 Å². The summed E-state index contributed by atoms with van der Waals surface area (Å²) in [6.07, 6.45) is 0. The average molecular weight is 338 g/mol. The molecule has 1 atom stereocenters. The summed E-state index contributed by atoms with van der Waals surface area (Å²) in [6.45, 7) is 1.88. The topological polar surface area (TPSA) is 49.3 Å². The number of nitrogens with one attached hydrogen (secondary N) is 1. The van der Waals surface area contributed by atoms with Crippen LogP contribution in [0.4, 0.5) is 10.1 Å². The lowest BCUT2D eigenvalue weighted by Gasteiger charge is -2.19. The number of rotatable bonds is 4. The van der Waals surface area contributed by atoms with E-state index >= 15 is 0 Å². The monoisotopic (exact) mass is 337 g/mol. The van der Waals surface area contributed by atoms with Gasteiger partial charge in [-0.15, -0.1) is 0 Å². The first kappa shape index (κ1) is 14.5. The van der Waals surface area contributed by atoms with Gasteiger partial charge in [0.25, 0.3) is 0 Å². The molecule has 2 aromatic carbocycles. The minimum absolute atomic E-state index is 0.348. The van der Waals surface area contributed by atoms with E-state index < -0.39 is 17.8 Å². The number of halogens is 2. The van der Waals surface area contributed by atoms with Crippen molar-refractivity contribution in [2.24, 2.45) is 0 Å². The lowest BCUT2D eigenvalue weighted by molar-refractivity contribution is -0.138. The van der Waals surface area contributed by atoms with Gasteiger partial charge in [-0.3, -0.25) is 0 Å². The highest BCUT2D eigenvalue weighted by Crippen LogP contribution is 2.28. The minimum atomic E-state index is -1.07. The van der Waals surface area contributed by atoms with Gasteiger partial charge in [-0.05, 0) is 36.8 Å². The number of aliphatic carboxylic acids is 1. The molecular formula is C15H13BrFNO2. The smallest absolute Gasteiger partial charge is 0.330 e. The molecule has 2 rings (SSSR count). The predicted molar refractivity (Wildman–Crippen MR) is 79.3 cm³/mol. The van der Waals surface area contributed by atoms with E-state index in [2.05, 4.69) is 21.2 Å². The van der Waals surface area contributed by atoms with Crippen molar-refractivity contribution >= 4 is 27.6 Å². The van der Waals surface area contributed by atoms with Gasteiger partial charge in [0.15, 0.2) is 6.04 Å². The molecule has 2 N–H and O–H groups in total. The molecule has 5 heteroatoms. The molecule has 2 aromatic rings. The fraction of sp³-hybridized carbons (Fsp3) is 0.133. The van der Waals surface area contributed by atoms with Crippen LogP contribution in [-0.4, -0.2) is 11.1 Å². The molecule has 104 valence electrons. The van der Waals surface area contributed by atoms with Gasteiger partial charge in [0.1, 0.15) is 5.82 Å². The summed E-state index contributed by atoms with van der Waals surface area (Å²) in [5.41, 5.74) is 1.98. The van der Waals surface area contributed by atoms with E-state index in [1.807, 2.05) is 25.1 Å². The van der Waals surface area contributed by atoms with Gasteiger partial charge in [-0.1, -0.05) is 34.1 Å². The number of benzene rings is 2. The van der Waals surface area contributed by atoms with Crippen LogP contribution < -0.4 is 5.32 Å². The second-order valence-corrected chi connectivity index (χ2v) is 5.25. The second kappa shape index (κ2) is 6.05. The summed E-state index contributed by atoms with van der Waals surface area (Å²) in [4.78, 5) is 11.5. The van der Waals surface area contributed by atoms with Crippen LogP contribution in [0.2, 0.25) is 0 Å². The van der Waals surface area contributed by atoms with E-state index in [0.717, 1.165) is 5.56 Å². The molecule has 0 aliphatic rings. The Hall–Kier alpha value is -1.88. The molecule has 0 radical (unpaired) electrons. The minimum Gasteiger partial charge on any atom is -0.479 e. The van der Waals surface area contributed by atoms with Gasteiger partial charge in [-0.25, -0.2) is 9.18 Å². The maximum atomic E-state index is 13.3. The number of aryl methyl sites for hydroxylation is 1. The zero-order valence-electron chi connectivity index (χ0n) is 10.7. The average Bonchev–Trinajstić information content (AvgIpc) is 2.40. The second-order valence-electron chi connectivity index (χ2n) is 4.40. The maximum Gasteiger partial charge on any atom is 0.330 e. The Bertz CT molecular complexity index is 646. The third kappa shape index (κ3) is 3.17. The van der Waals surface area contributed by atoms with Crippen LogP contribution in [0.25, 0.3) is 0 Å². The van der Waals surface area contributed by atoms with Crippen molar-refractivity contribution in [1.82, 2.24) is 0 Å². The molecular weight excluding hydrogens is 325 g/mol.